The first-order valence-electron chi connectivity index (χ1n) is 10.1. The molecule has 1 atom stereocenters. The summed E-state index contributed by atoms with van der Waals surface area (Å²) in [6.07, 6.45) is 4.53. The quantitative estimate of drug-likeness (QED) is 0.538. The number of hydrogen-bond acceptors (Lipinski definition) is 3. The van der Waals surface area contributed by atoms with Gasteiger partial charge >= 0.3 is 0 Å². The minimum atomic E-state index is -0.105. The fourth-order valence-corrected chi connectivity index (χ4v) is 3.75. The Balaban J connectivity index is 2.06. The van der Waals surface area contributed by atoms with Gasteiger partial charge in [-0.3, -0.25) is 4.79 Å². The van der Waals surface area contributed by atoms with Crippen LogP contribution >= 0.6 is 0 Å². The average Bonchev–Trinajstić information content (AvgIpc) is 3.08. The molecular formula is C24H30N2O3. The van der Waals surface area contributed by atoms with E-state index in [2.05, 4.69) is 35.1 Å². The molecule has 1 N–H and O–H groups in total. The molecule has 5 nitrogen and oxygen atoms in total. The molecule has 3 rings (SSSR count). The van der Waals surface area contributed by atoms with Crippen molar-refractivity contribution in [1.29, 1.82) is 0 Å². The van der Waals surface area contributed by atoms with Crippen LogP contribution in [0.1, 0.15) is 43.2 Å². The number of hydrogen-bond donors (Lipinski definition) is 1. The molecule has 0 fully saturated rings. The number of carbonyl (C=O) groups excluding carboxylic acids is 1. The molecule has 0 aliphatic carbocycles. The second kappa shape index (κ2) is 9.50. The van der Waals surface area contributed by atoms with E-state index in [1.54, 1.807) is 14.2 Å². The Morgan fingerprint density at radius 1 is 1.10 bits per heavy atom. The van der Waals surface area contributed by atoms with Gasteiger partial charge in [-0.1, -0.05) is 31.5 Å². The normalized spacial score (nSPS) is 12.0. The summed E-state index contributed by atoms with van der Waals surface area (Å²) in [7, 11) is 5.32. The number of fused-ring (bicyclic) bond motifs is 1. The van der Waals surface area contributed by atoms with Gasteiger partial charge in [-0.25, -0.2) is 0 Å². The lowest BCUT2D eigenvalue weighted by Crippen LogP contribution is -2.26. The van der Waals surface area contributed by atoms with Crippen molar-refractivity contribution in [2.45, 2.75) is 32.1 Å². The van der Waals surface area contributed by atoms with Crippen molar-refractivity contribution in [2.75, 3.05) is 20.8 Å². The Hall–Kier alpha value is -2.95. The Morgan fingerprint density at radius 2 is 1.79 bits per heavy atom. The zero-order valence-corrected chi connectivity index (χ0v) is 17.7. The first kappa shape index (κ1) is 20.8. The molecule has 5 heteroatoms. The number of amides is 1. The highest BCUT2D eigenvalue weighted by molar-refractivity contribution is 5.86. The summed E-state index contributed by atoms with van der Waals surface area (Å²) in [5.41, 5.74) is 3.28. The molecule has 0 saturated heterocycles. The van der Waals surface area contributed by atoms with Crippen molar-refractivity contribution in [3.8, 4) is 11.5 Å². The van der Waals surface area contributed by atoms with E-state index in [1.807, 2.05) is 37.4 Å². The molecule has 0 bridgehead atoms. The van der Waals surface area contributed by atoms with Crippen molar-refractivity contribution in [3.05, 3.63) is 59.8 Å². The summed E-state index contributed by atoms with van der Waals surface area (Å²) in [4.78, 5) is 12.7. The third-order valence-corrected chi connectivity index (χ3v) is 5.32. The predicted octanol–water partition coefficient (Wildman–Crippen LogP) is 4.63. The second-order valence-corrected chi connectivity index (χ2v) is 7.32. The van der Waals surface area contributed by atoms with Gasteiger partial charge in [-0.2, -0.15) is 0 Å². The van der Waals surface area contributed by atoms with Crippen LogP contribution < -0.4 is 14.8 Å². The number of rotatable bonds is 9. The monoisotopic (exact) mass is 394 g/mol. The van der Waals surface area contributed by atoms with Gasteiger partial charge in [0.05, 0.1) is 14.2 Å². The fraction of sp³-hybridized carbons (Fsp3) is 0.375. The average molecular weight is 395 g/mol. The van der Waals surface area contributed by atoms with Gasteiger partial charge in [-0.05, 0) is 35.7 Å². The lowest BCUT2D eigenvalue weighted by atomic mass is 9.87. The van der Waals surface area contributed by atoms with Crippen molar-refractivity contribution in [1.82, 2.24) is 9.88 Å². The number of nitrogens with one attached hydrogen (secondary N) is 1. The largest absolute Gasteiger partial charge is 0.497 e. The summed E-state index contributed by atoms with van der Waals surface area (Å²) >= 11 is 0. The minimum Gasteiger partial charge on any atom is -0.497 e. The summed E-state index contributed by atoms with van der Waals surface area (Å²) in [6, 6.07) is 14.1. The van der Waals surface area contributed by atoms with Crippen LogP contribution in [0.5, 0.6) is 11.5 Å². The van der Waals surface area contributed by atoms with E-state index in [9.17, 15) is 4.79 Å². The molecule has 3 aromatic rings. The maximum atomic E-state index is 12.7. The lowest BCUT2D eigenvalue weighted by molar-refractivity contribution is -0.121. The van der Waals surface area contributed by atoms with E-state index >= 15 is 0 Å². The lowest BCUT2D eigenvalue weighted by Gasteiger charge is -2.19. The number of aryl methyl sites for hydroxylation is 1. The summed E-state index contributed by atoms with van der Waals surface area (Å²) in [5, 5.41) is 4.21. The summed E-state index contributed by atoms with van der Waals surface area (Å²) < 4.78 is 13.1. The molecular weight excluding hydrogens is 364 g/mol. The van der Waals surface area contributed by atoms with E-state index in [0.29, 0.717) is 13.0 Å². The van der Waals surface area contributed by atoms with Gasteiger partial charge in [0.2, 0.25) is 5.91 Å². The van der Waals surface area contributed by atoms with E-state index in [-0.39, 0.29) is 11.8 Å². The molecule has 154 valence electrons. The first-order chi connectivity index (χ1) is 14.1. The molecule has 1 heterocycles. The van der Waals surface area contributed by atoms with Crippen LogP contribution in [-0.4, -0.2) is 31.2 Å². The molecule has 1 aromatic heterocycles. The highest BCUT2D eigenvalue weighted by Gasteiger charge is 2.23. The number of benzene rings is 2. The molecule has 29 heavy (non-hydrogen) atoms. The number of ether oxygens (including phenoxy) is 2. The van der Waals surface area contributed by atoms with Crippen molar-refractivity contribution in [2.24, 2.45) is 7.05 Å². The Labute approximate surface area is 172 Å². The fourth-order valence-electron chi connectivity index (χ4n) is 3.75. The SMILES string of the molecule is CCCCNC(=O)CC(c1cc(OC)cc(OC)c1)c1cn(C)c2ccccc12. The molecule has 0 spiro atoms. The van der Waals surface area contributed by atoms with Gasteiger partial charge in [0.15, 0.2) is 0 Å². The van der Waals surface area contributed by atoms with E-state index in [0.717, 1.165) is 46.4 Å². The Morgan fingerprint density at radius 3 is 2.45 bits per heavy atom. The second-order valence-electron chi connectivity index (χ2n) is 7.32. The molecule has 0 saturated carbocycles. The maximum Gasteiger partial charge on any atom is 0.220 e. The number of para-hydroxylation sites is 1. The predicted molar refractivity (Wildman–Crippen MR) is 117 cm³/mol. The van der Waals surface area contributed by atoms with Crippen LogP contribution in [0.4, 0.5) is 0 Å². The third-order valence-electron chi connectivity index (χ3n) is 5.32. The van der Waals surface area contributed by atoms with Crippen molar-refractivity contribution < 1.29 is 14.3 Å². The van der Waals surface area contributed by atoms with E-state index in [4.69, 9.17) is 9.47 Å². The maximum absolute atomic E-state index is 12.7. The summed E-state index contributed by atoms with van der Waals surface area (Å²) in [6.45, 7) is 2.83. The van der Waals surface area contributed by atoms with Gasteiger partial charge in [0, 0.05) is 49.1 Å². The number of methoxy groups -OCH3 is 2. The van der Waals surface area contributed by atoms with E-state index in [1.165, 1.54) is 0 Å². The van der Waals surface area contributed by atoms with E-state index < -0.39 is 0 Å². The topological polar surface area (TPSA) is 52.5 Å². The van der Waals surface area contributed by atoms with Gasteiger partial charge in [0.25, 0.3) is 0 Å². The Bertz CT molecular complexity index is 955. The van der Waals surface area contributed by atoms with Crippen LogP contribution in [-0.2, 0) is 11.8 Å². The zero-order chi connectivity index (χ0) is 20.8. The molecule has 2 aromatic carbocycles. The third kappa shape index (κ3) is 4.73. The number of unbranched alkanes of at least 4 members (excludes halogenated alkanes) is 1. The van der Waals surface area contributed by atoms with Gasteiger partial charge in [-0.15, -0.1) is 0 Å². The van der Waals surface area contributed by atoms with Crippen molar-refractivity contribution in [3.63, 3.8) is 0 Å². The van der Waals surface area contributed by atoms with Gasteiger partial charge in [0.1, 0.15) is 11.5 Å². The first-order valence-corrected chi connectivity index (χ1v) is 10.1. The van der Waals surface area contributed by atoms with Crippen LogP contribution in [0.25, 0.3) is 10.9 Å². The van der Waals surface area contributed by atoms with Crippen LogP contribution in [0.15, 0.2) is 48.7 Å². The summed E-state index contributed by atoms with van der Waals surface area (Å²) in [5.74, 6) is 1.39. The Kier molecular flexibility index (Phi) is 6.81. The van der Waals surface area contributed by atoms with Crippen LogP contribution in [0.3, 0.4) is 0 Å². The molecule has 1 amide bonds. The van der Waals surface area contributed by atoms with Gasteiger partial charge < -0.3 is 19.4 Å². The molecule has 0 aliphatic heterocycles. The standard InChI is InChI=1S/C24H30N2O3/c1-5-6-11-25-24(27)15-21(17-12-18(28-3)14-19(13-17)29-4)22-16-26(2)23-10-8-7-9-20(22)23/h7-10,12-14,16,21H,5-6,11,15H2,1-4H3,(H,25,27). The smallest absolute Gasteiger partial charge is 0.220 e. The van der Waals surface area contributed by atoms with Crippen LogP contribution in [0.2, 0.25) is 0 Å². The minimum absolute atomic E-state index is 0.0539. The molecule has 0 aliphatic rings. The molecule has 1 unspecified atom stereocenters. The number of aromatic nitrogens is 1. The zero-order valence-electron chi connectivity index (χ0n) is 17.7. The number of carbonyl (C=O) groups is 1. The van der Waals surface area contributed by atoms with Crippen molar-refractivity contribution >= 4 is 16.8 Å². The number of nitrogens with zero attached hydrogens (tertiary/aromatic N) is 1. The highest BCUT2D eigenvalue weighted by Crippen LogP contribution is 2.37. The highest BCUT2D eigenvalue weighted by atomic mass is 16.5. The van der Waals surface area contributed by atoms with Crippen LogP contribution in [0, 0.1) is 0 Å². The molecule has 0 radical (unpaired) electrons.